The Hall–Kier alpha value is -0.650. The largest absolute Gasteiger partial charge is 0.462 e. The van der Waals surface area contributed by atoms with E-state index in [-0.39, 0.29) is 25.2 Å². The van der Waals surface area contributed by atoms with E-state index < -0.39 is 11.5 Å². The van der Waals surface area contributed by atoms with Crippen molar-refractivity contribution in [1.29, 1.82) is 0 Å². The molecule has 0 aromatic rings. The van der Waals surface area contributed by atoms with E-state index in [9.17, 15) is 9.90 Å². The molecule has 5 nitrogen and oxygen atoms in total. The first-order valence-corrected chi connectivity index (χ1v) is 7.06. The summed E-state index contributed by atoms with van der Waals surface area (Å²) in [4.78, 5) is 11.7. The lowest BCUT2D eigenvalue weighted by Crippen LogP contribution is -2.40. The van der Waals surface area contributed by atoms with Crippen molar-refractivity contribution < 1.29 is 19.7 Å². The summed E-state index contributed by atoms with van der Waals surface area (Å²) < 4.78 is 5.09. The van der Waals surface area contributed by atoms with Gasteiger partial charge < -0.3 is 20.3 Å². The number of aliphatic hydroxyl groups excluding tert-OH is 2. The molecule has 114 valence electrons. The fourth-order valence-corrected chi connectivity index (χ4v) is 1.48. The summed E-state index contributed by atoms with van der Waals surface area (Å²) in [7, 11) is 0. The van der Waals surface area contributed by atoms with E-state index in [0.29, 0.717) is 13.0 Å². The Labute approximate surface area is 116 Å². The molecule has 0 aromatic heterocycles. The van der Waals surface area contributed by atoms with E-state index in [0.717, 1.165) is 12.8 Å². The molecular weight excluding hydrogens is 246 g/mol. The molecule has 0 bridgehead atoms. The molecule has 0 amide bonds. The van der Waals surface area contributed by atoms with E-state index in [1.165, 1.54) is 0 Å². The Morgan fingerprint density at radius 1 is 1.37 bits per heavy atom. The minimum atomic E-state index is -0.748. The smallest absolute Gasteiger partial charge is 0.311 e. The highest BCUT2D eigenvalue weighted by molar-refractivity contribution is 5.75. The number of carbonyl (C=O) groups excluding carboxylic acids is 1. The highest BCUT2D eigenvalue weighted by atomic mass is 16.5. The number of rotatable bonds is 10. The Kier molecular flexibility index (Phi) is 8.97. The lowest BCUT2D eigenvalue weighted by atomic mass is 9.91. The summed E-state index contributed by atoms with van der Waals surface area (Å²) in [5.74, 6) is -0.290. The van der Waals surface area contributed by atoms with Gasteiger partial charge in [-0.1, -0.05) is 20.3 Å². The van der Waals surface area contributed by atoms with Crippen molar-refractivity contribution in [1.82, 2.24) is 5.32 Å². The fraction of sp³-hybridized carbons (Fsp3) is 0.929. The Balaban J connectivity index is 3.93. The third kappa shape index (κ3) is 7.50. The summed E-state index contributed by atoms with van der Waals surface area (Å²) in [6.45, 7) is 7.95. The van der Waals surface area contributed by atoms with Crippen LogP contribution in [0.15, 0.2) is 0 Å². The van der Waals surface area contributed by atoms with Gasteiger partial charge in [0.15, 0.2) is 0 Å². The molecule has 0 spiro atoms. The van der Waals surface area contributed by atoms with Crippen molar-refractivity contribution in [3.05, 3.63) is 0 Å². The van der Waals surface area contributed by atoms with E-state index in [4.69, 9.17) is 9.84 Å². The molecule has 0 aliphatic rings. The zero-order valence-electron chi connectivity index (χ0n) is 12.6. The van der Waals surface area contributed by atoms with E-state index >= 15 is 0 Å². The first-order chi connectivity index (χ1) is 8.87. The predicted octanol–water partition coefficient (Wildman–Crippen LogP) is 1.08. The molecule has 0 fully saturated rings. The minimum Gasteiger partial charge on any atom is -0.462 e. The number of carbonyl (C=O) groups is 1. The molecule has 5 heteroatoms. The second-order valence-corrected chi connectivity index (χ2v) is 5.57. The van der Waals surface area contributed by atoms with Crippen LogP contribution in [-0.2, 0) is 9.53 Å². The van der Waals surface area contributed by atoms with Gasteiger partial charge in [-0.25, -0.2) is 0 Å². The zero-order chi connectivity index (χ0) is 14.9. The molecule has 2 atom stereocenters. The molecule has 2 unspecified atom stereocenters. The molecule has 0 saturated carbocycles. The minimum absolute atomic E-state index is 0.0116. The topological polar surface area (TPSA) is 78.8 Å². The quantitative estimate of drug-likeness (QED) is 0.520. The summed E-state index contributed by atoms with van der Waals surface area (Å²) in [6, 6.07) is -0.0116. The normalized spacial score (nSPS) is 15.1. The molecule has 0 aliphatic heterocycles. The standard InChI is InChI=1S/C14H29NO4/c1-5-7-11(9-16)15-8-12(17)10-19-13(18)14(3,4)6-2/h11-12,15-17H,5-10H2,1-4H3. The second-order valence-electron chi connectivity index (χ2n) is 5.57. The van der Waals surface area contributed by atoms with Crippen molar-refractivity contribution in [2.24, 2.45) is 5.41 Å². The molecule has 0 aromatic carbocycles. The van der Waals surface area contributed by atoms with Gasteiger partial charge in [0, 0.05) is 12.6 Å². The number of aliphatic hydroxyl groups is 2. The van der Waals surface area contributed by atoms with Gasteiger partial charge in [0.2, 0.25) is 0 Å². The van der Waals surface area contributed by atoms with Crippen LogP contribution in [0, 0.1) is 5.41 Å². The van der Waals surface area contributed by atoms with Gasteiger partial charge in [-0.15, -0.1) is 0 Å². The third-order valence-electron chi connectivity index (χ3n) is 3.34. The average molecular weight is 275 g/mol. The average Bonchev–Trinajstić information content (AvgIpc) is 2.40. The number of ether oxygens (including phenoxy) is 1. The molecule has 19 heavy (non-hydrogen) atoms. The van der Waals surface area contributed by atoms with E-state index in [2.05, 4.69) is 5.32 Å². The maximum Gasteiger partial charge on any atom is 0.311 e. The van der Waals surface area contributed by atoms with Gasteiger partial charge >= 0.3 is 5.97 Å². The second kappa shape index (κ2) is 9.28. The van der Waals surface area contributed by atoms with Crippen molar-refractivity contribution in [2.75, 3.05) is 19.8 Å². The van der Waals surface area contributed by atoms with Gasteiger partial charge in [0.1, 0.15) is 12.7 Å². The van der Waals surface area contributed by atoms with Crippen LogP contribution in [0.5, 0.6) is 0 Å². The van der Waals surface area contributed by atoms with Gasteiger partial charge in [0.05, 0.1) is 12.0 Å². The van der Waals surface area contributed by atoms with Gasteiger partial charge in [0.25, 0.3) is 0 Å². The summed E-state index contributed by atoms with van der Waals surface area (Å²) in [6.07, 6.45) is 1.77. The van der Waals surface area contributed by atoms with Crippen molar-refractivity contribution in [3.63, 3.8) is 0 Å². The van der Waals surface area contributed by atoms with Crippen LogP contribution in [0.4, 0.5) is 0 Å². The van der Waals surface area contributed by atoms with Crippen LogP contribution >= 0.6 is 0 Å². The molecule has 0 radical (unpaired) electrons. The van der Waals surface area contributed by atoms with Crippen LogP contribution in [0.2, 0.25) is 0 Å². The van der Waals surface area contributed by atoms with Crippen molar-refractivity contribution >= 4 is 5.97 Å². The van der Waals surface area contributed by atoms with Crippen LogP contribution < -0.4 is 5.32 Å². The fourth-order valence-electron chi connectivity index (χ4n) is 1.48. The lowest BCUT2D eigenvalue weighted by Gasteiger charge is -2.22. The number of esters is 1. The van der Waals surface area contributed by atoms with E-state index in [1.807, 2.05) is 27.7 Å². The predicted molar refractivity (Wildman–Crippen MR) is 74.8 cm³/mol. The van der Waals surface area contributed by atoms with Gasteiger partial charge in [-0.2, -0.15) is 0 Å². The van der Waals surface area contributed by atoms with Crippen LogP contribution in [0.25, 0.3) is 0 Å². The summed E-state index contributed by atoms with van der Waals surface area (Å²) in [5.41, 5.74) is -0.511. The molecule has 0 aliphatic carbocycles. The van der Waals surface area contributed by atoms with Crippen molar-refractivity contribution in [2.45, 2.75) is 59.1 Å². The zero-order valence-corrected chi connectivity index (χ0v) is 12.6. The Morgan fingerprint density at radius 2 is 2.00 bits per heavy atom. The number of nitrogens with one attached hydrogen (secondary N) is 1. The Morgan fingerprint density at radius 3 is 2.47 bits per heavy atom. The number of hydrogen-bond acceptors (Lipinski definition) is 5. The molecule has 3 N–H and O–H groups in total. The monoisotopic (exact) mass is 275 g/mol. The first kappa shape index (κ1) is 18.4. The van der Waals surface area contributed by atoms with E-state index in [1.54, 1.807) is 0 Å². The maximum absolute atomic E-state index is 11.7. The molecule has 0 heterocycles. The molecular formula is C14H29NO4. The van der Waals surface area contributed by atoms with Gasteiger partial charge in [-0.05, 0) is 26.7 Å². The summed E-state index contributed by atoms with van der Waals surface area (Å²) in [5, 5.41) is 21.9. The maximum atomic E-state index is 11.7. The highest BCUT2D eigenvalue weighted by Gasteiger charge is 2.27. The van der Waals surface area contributed by atoms with Gasteiger partial charge in [-0.3, -0.25) is 4.79 Å². The Bertz CT molecular complexity index is 256. The SMILES string of the molecule is CCCC(CO)NCC(O)COC(=O)C(C)(C)CC. The number of hydrogen-bond donors (Lipinski definition) is 3. The van der Waals surface area contributed by atoms with Crippen LogP contribution in [-0.4, -0.2) is 48.1 Å². The first-order valence-electron chi connectivity index (χ1n) is 7.06. The molecule has 0 saturated heterocycles. The highest BCUT2D eigenvalue weighted by Crippen LogP contribution is 2.21. The lowest BCUT2D eigenvalue weighted by molar-refractivity contribution is -0.157. The van der Waals surface area contributed by atoms with Crippen LogP contribution in [0.3, 0.4) is 0 Å². The third-order valence-corrected chi connectivity index (χ3v) is 3.34. The summed E-state index contributed by atoms with van der Waals surface area (Å²) >= 11 is 0. The molecule has 0 rings (SSSR count). The van der Waals surface area contributed by atoms with Crippen molar-refractivity contribution in [3.8, 4) is 0 Å². The van der Waals surface area contributed by atoms with Crippen LogP contribution in [0.1, 0.15) is 47.0 Å².